The Kier molecular flexibility index (Phi) is 3.23. The van der Waals surface area contributed by atoms with Crippen LogP contribution in [-0.2, 0) is 11.2 Å². The van der Waals surface area contributed by atoms with E-state index < -0.39 is 0 Å². The molecular weight excluding hydrogens is 160 g/mol. The topological polar surface area (TPSA) is 30.2 Å². The third-order valence-corrected chi connectivity index (χ3v) is 1.90. The molecule has 0 saturated carbocycles. The number of Topliss-reactive ketones (excluding diaryl/α,β-unsaturated/α-hetero) is 1. The van der Waals surface area contributed by atoms with Gasteiger partial charge in [-0.2, -0.15) is 11.8 Å². The third-order valence-electron chi connectivity index (χ3n) is 1.29. The summed E-state index contributed by atoms with van der Waals surface area (Å²) in [4.78, 5) is 11.0. The summed E-state index contributed by atoms with van der Waals surface area (Å²) in [6.07, 6.45) is 5.62. The highest BCUT2D eigenvalue weighted by Gasteiger charge is 2.02. The molecule has 0 unspecified atom stereocenters. The van der Waals surface area contributed by atoms with E-state index in [0.717, 1.165) is 5.56 Å². The van der Waals surface area contributed by atoms with Crippen LogP contribution >= 0.6 is 11.8 Å². The second kappa shape index (κ2) is 4.23. The predicted octanol–water partition coefficient (Wildman–Crippen LogP) is 1.75. The third kappa shape index (κ3) is 2.80. The van der Waals surface area contributed by atoms with E-state index in [1.165, 1.54) is 0 Å². The molecule has 0 aliphatic heterocycles. The Morgan fingerprint density at radius 3 is 3.09 bits per heavy atom. The Bertz CT molecular complexity index is 216. The number of carbonyl (C=O) groups excluding carboxylic acids is 1. The van der Waals surface area contributed by atoms with Crippen molar-refractivity contribution in [3.8, 4) is 0 Å². The molecule has 0 aromatic carbocycles. The smallest absolute Gasteiger partial charge is 0.147 e. The summed E-state index contributed by atoms with van der Waals surface area (Å²) < 4.78 is 4.83. The number of thioether (sulfide) groups is 1. The van der Waals surface area contributed by atoms with E-state index in [1.807, 2.05) is 12.3 Å². The molecule has 11 heavy (non-hydrogen) atoms. The maximum Gasteiger partial charge on any atom is 0.147 e. The Morgan fingerprint density at radius 1 is 1.73 bits per heavy atom. The normalized spacial score (nSPS) is 9.91. The first-order chi connectivity index (χ1) is 5.33. The van der Waals surface area contributed by atoms with Gasteiger partial charge in [-0.3, -0.25) is 4.79 Å². The zero-order valence-corrected chi connectivity index (χ0v) is 7.19. The number of rotatable bonds is 4. The lowest BCUT2D eigenvalue weighted by molar-refractivity contribution is -0.116. The SMILES string of the molecule is CSCC(=O)Cc1ccoc1. The van der Waals surface area contributed by atoms with Crippen LogP contribution in [0.15, 0.2) is 23.0 Å². The number of hydrogen-bond donors (Lipinski definition) is 0. The molecular formula is C8H10O2S. The molecule has 0 spiro atoms. The maximum atomic E-state index is 11.0. The highest BCUT2D eigenvalue weighted by atomic mass is 32.2. The summed E-state index contributed by atoms with van der Waals surface area (Å²) in [5.41, 5.74) is 0.962. The number of carbonyl (C=O) groups is 1. The summed E-state index contributed by atoms with van der Waals surface area (Å²) >= 11 is 1.55. The lowest BCUT2D eigenvalue weighted by Gasteiger charge is -1.93. The number of ketones is 1. The van der Waals surface area contributed by atoms with Crippen molar-refractivity contribution < 1.29 is 9.21 Å². The monoisotopic (exact) mass is 170 g/mol. The van der Waals surface area contributed by atoms with Gasteiger partial charge in [0.15, 0.2) is 0 Å². The van der Waals surface area contributed by atoms with Crippen molar-refractivity contribution in [3.05, 3.63) is 24.2 Å². The summed E-state index contributed by atoms with van der Waals surface area (Å²) in [5.74, 6) is 0.837. The molecule has 1 aromatic rings. The Hall–Kier alpha value is -0.700. The van der Waals surface area contributed by atoms with Crippen molar-refractivity contribution in [2.75, 3.05) is 12.0 Å². The van der Waals surface area contributed by atoms with Gasteiger partial charge in [-0.05, 0) is 17.9 Å². The Morgan fingerprint density at radius 2 is 2.55 bits per heavy atom. The average molecular weight is 170 g/mol. The van der Waals surface area contributed by atoms with Crippen LogP contribution in [0.3, 0.4) is 0 Å². The van der Waals surface area contributed by atoms with Gasteiger partial charge in [0.2, 0.25) is 0 Å². The molecule has 0 aliphatic carbocycles. The van der Waals surface area contributed by atoms with Crippen LogP contribution in [-0.4, -0.2) is 17.8 Å². The molecule has 1 heterocycles. The minimum atomic E-state index is 0.249. The number of furan rings is 1. The van der Waals surface area contributed by atoms with Gasteiger partial charge in [0.25, 0.3) is 0 Å². The van der Waals surface area contributed by atoms with Crippen LogP contribution in [0.2, 0.25) is 0 Å². The fourth-order valence-corrected chi connectivity index (χ4v) is 1.26. The Balaban J connectivity index is 2.37. The van der Waals surface area contributed by atoms with Gasteiger partial charge >= 0.3 is 0 Å². The molecule has 0 atom stereocenters. The van der Waals surface area contributed by atoms with Gasteiger partial charge in [-0.25, -0.2) is 0 Å². The first-order valence-electron chi connectivity index (χ1n) is 3.34. The van der Waals surface area contributed by atoms with E-state index in [9.17, 15) is 4.79 Å². The highest BCUT2D eigenvalue weighted by Crippen LogP contribution is 2.03. The van der Waals surface area contributed by atoms with E-state index in [-0.39, 0.29) is 5.78 Å². The lowest BCUT2D eigenvalue weighted by Crippen LogP contribution is -2.03. The minimum absolute atomic E-state index is 0.249. The molecule has 1 aromatic heterocycles. The highest BCUT2D eigenvalue weighted by molar-refractivity contribution is 7.99. The summed E-state index contributed by atoms with van der Waals surface area (Å²) in [5, 5.41) is 0. The van der Waals surface area contributed by atoms with E-state index in [2.05, 4.69) is 0 Å². The van der Waals surface area contributed by atoms with Crippen molar-refractivity contribution in [1.29, 1.82) is 0 Å². The van der Waals surface area contributed by atoms with Crippen molar-refractivity contribution in [3.63, 3.8) is 0 Å². The first kappa shape index (κ1) is 8.40. The zero-order chi connectivity index (χ0) is 8.10. The van der Waals surface area contributed by atoms with E-state index in [4.69, 9.17) is 4.42 Å². The summed E-state index contributed by atoms with van der Waals surface area (Å²) in [6.45, 7) is 0. The fourth-order valence-electron chi connectivity index (χ4n) is 0.833. The van der Waals surface area contributed by atoms with Gasteiger partial charge < -0.3 is 4.42 Å². The maximum absolute atomic E-state index is 11.0. The number of hydrogen-bond acceptors (Lipinski definition) is 3. The van der Waals surface area contributed by atoms with Crippen LogP contribution < -0.4 is 0 Å². The van der Waals surface area contributed by atoms with E-state index >= 15 is 0 Å². The second-order valence-electron chi connectivity index (χ2n) is 2.28. The first-order valence-corrected chi connectivity index (χ1v) is 4.74. The molecule has 1 rings (SSSR count). The Labute approximate surface area is 70.0 Å². The fraction of sp³-hybridized carbons (Fsp3) is 0.375. The second-order valence-corrected chi connectivity index (χ2v) is 3.15. The molecule has 0 fully saturated rings. The largest absolute Gasteiger partial charge is 0.472 e. The van der Waals surface area contributed by atoms with Crippen molar-refractivity contribution in [2.45, 2.75) is 6.42 Å². The van der Waals surface area contributed by atoms with Crippen LogP contribution in [0, 0.1) is 0 Å². The molecule has 2 nitrogen and oxygen atoms in total. The van der Waals surface area contributed by atoms with E-state index in [0.29, 0.717) is 12.2 Å². The molecule has 3 heteroatoms. The van der Waals surface area contributed by atoms with Crippen molar-refractivity contribution in [1.82, 2.24) is 0 Å². The van der Waals surface area contributed by atoms with Gasteiger partial charge in [-0.15, -0.1) is 0 Å². The van der Waals surface area contributed by atoms with Gasteiger partial charge in [0.1, 0.15) is 5.78 Å². The van der Waals surface area contributed by atoms with E-state index in [1.54, 1.807) is 24.3 Å². The molecule has 0 bridgehead atoms. The van der Waals surface area contributed by atoms with Crippen LogP contribution in [0.5, 0.6) is 0 Å². The minimum Gasteiger partial charge on any atom is -0.472 e. The summed E-state index contributed by atoms with van der Waals surface area (Å²) in [6, 6.07) is 1.82. The van der Waals surface area contributed by atoms with Crippen LogP contribution in [0.4, 0.5) is 0 Å². The molecule has 0 amide bonds. The lowest BCUT2D eigenvalue weighted by atomic mass is 10.2. The van der Waals surface area contributed by atoms with Gasteiger partial charge in [0, 0.05) is 6.42 Å². The van der Waals surface area contributed by atoms with Crippen LogP contribution in [0.1, 0.15) is 5.56 Å². The van der Waals surface area contributed by atoms with Crippen molar-refractivity contribution >= 4 is 17.5 Å². The molecule has 60 valence electrons. The molecule has 0 N–H and O–H groups in total. The molecule has 0 aliphatic rings. The molecule has 0 radical (unpaired) electrons. The zero-order valence-electron chi connectivity index (χ0n) is 6.37. The van der Waals surface area contributed by atoms with Crippen LogP contribution in [0.25, 0.3) is 0 Å². The summed E-state index contributed by atoms with van der Waals surface area (Å²) in [7, 11) is 0. The van der Waals surface area contributed by atoms with Gasteiger partial charge in [0.05, 0.1) is 18.3 Å². The van der Waals surface area contributed by atoms with Gasteiger partial charge in [-0.1, -0.05) is 0 Å². The molecule has 0 saturated heterocycles. The quantitative estimate of drug-likeness (QED) is 0.689. The predicted molar refractivity (Wildman–Crippen MR) is 45.8 cm³/mol. The average Bonchev–Trinajstić information content (AvgIpc) is 2.40. The standard InChI is InChI=1S/C8H10O2S/c1-11-6-8(9)4-7-2-3-10-5-7/h2-3,5H,4,6H2,1H3. The van der Waals surface area contributed by atoms with Crippen molar-refractivity contribution in [2.24, 2.45) is 0 Å².